The summed E-state index contributed by atoms with van der Waals surface area (Å²) in [6.45, 7) is 3.13. The van der Waals surface area contributed by atoms with E-state index in [0.29, 0.717) is 0 Å². The first kappa shape index (κ1) is 6.61. The minimum absolute atomic E-state index is 1.02. The van der Waals surface area contributed by atoms with Crippen molar-refractivity contribution < 1.29 is 18.6 Å². The number of hydrogen-bond acceptors (Lipinski definition) is 3. The molecule has 0 rings (SSSR count). The molecule has 0 aliphatic rings. The molecule has 0 aromatic heterocycles. The molecule has 0 heterocycles. The summed E-state index contributed by atoms with van der Waals surface area (Å²) < 4.78 is 18.0. The highest BCUT2D eigenvalue weighted by Crippen LogP contribution is 1.78. The molecule has 0 radical (unpaired) electrons. The lowest BCUT2D eigenvalue weighted by atomic mass is 11.2. The van der Waals surface area contributed by atoms with Crippen LogP contribution in [0.25, 0.3) is 0 Å². The fraction of sp³-hybridized carbons (Fsp3) is 0. The van der Waals surface area contributed by atoms with E-state index in [1.165, 1.54) is 0 Å². The highest BCUT2D eigenvalue weighted by molar-refractivity contribution is 7.75. The van der Waals surface area contributed by atoms with Crippen LogP contribution in [0.15, 0.2) is 12.8 Å². The molecule has 7 heavy (non-hydrogen) atoms. The van der Waals surface area contributed by atoms with Crippen molar-refractivity contribution in [2.24, 2.45) is 0 Å². The summed E-state index contributed by atoms with van der Waals surface area (Å²) in [5.74, 6) is 2.83. The van der Waals surface area contributed by atoms with Crippen LogP contribution in [0.4, 0.5) is 0 Å². The molecule has 0 aromatic carbocycles. The molecule has 42 valence electrons. The van der Waals surface area contributed by atoms with Gasteiger partial charge in [0, 0.05) is 0 Å². The van der Waals surface area contributed by atoms with E-state index < -0.39 is 11.4 Å². The van der Waals surface area contributed by atoms with Crippen molar-refractivity contribution in [1.82, 2.24) is 0 Å². The van der Waals surface area contributed by atoms with Gasteiger partial charge in [-0.25, -0.2) is 0 Å². The molecule has 5 heteroatoms. The zero-order chi connectivity index (χ0) is 5.70. The first-order chi connectivity index (χ1) is 3.31. The summed E-state index contributed by atoms with van der Waals surface area (Å²) in [6.07, 6.45) is 1.02. The van der Waals surface area contributed by atoms with Gasteiger partial charge in [0.1, 0.15) is 0 Å². The summed E-state index contributed by atoms with van der Waals surface area (Å²) in [4.78, 5) is 0. The highest BCUT2D eigenvalue weighted by atomic mass is 32.2. The number of quaternary nitrogens is 1. The molecule has 3 N–H and O–H groups in total. The number of hydrogen-bond donors (Lipinski definition) is 1. The number of rotatable bonds is 3. The van der Waals surface area contributed by atoms with Crippen molar-refractivity contribution in [3.05, 3.63) is 12.8 Å². The Morgan fingerprint density at radius 3 is 2.57 bits per heavy atom. The van der Waals surface area contributed by atoms with E-state index in [9.17, 15) is 4.21 Å². The fourth-order valence-corrected chi connectivity index (χ4v) is 0.250. The van der Waals surface area contributed by atoms with E-state index in [1.807, 2.05) is 0 Å². The Balaban J connectivity index is 3.17. The zero-order valence-corrected chi connectivity index (χ0v) is 4.44. The zero-order valence-electron chi connectivity index (χ0n) is 3.62. The third kappa shape index (κ3) is 3.44. The quantitative estimate of drug-likeness (QED) is 0.383. The first-order valence-electron chi connectivity index (χ1n) is 1.43. The Morgan fingerprint density at radius 1 is 1.86 bits per heavy atom. The second kappa shape index (κ2) is 3.79. The van der Waals surface area contributed by atoms with Crippen LogP contribution in [-0.2, 0) is 19.8 Å². The van der Waals surface area contributed by atoms with Gasteiger partial charge in [-0.05, 0) is 0 Å². The van der Waals surface area contributed by atoms with Crippen LogP contribution in [0, 0.1) is 0 Å². The average Bonchev–Trinajstić information content (AvgIpc) is 1.68. The molecule has 0 saturated heterocycles. The van der Waals surface area contributed by atoms with Crippen molar-refractivity contribution in [1.29, 1.82) is 0 Å². The van der Waals surface area contributed by atoms with Crippen LogP contribution in [0.3, 0.4) is 0 Å². The monoisotopic (exact) mass is 124 g/mol. The SMILES string of the molecule is C=COS(=O)O[NH3+]. The van der Waals surface area contributed by atoms with Gasteiger partial charge in [-0.15, -0.1) is 0 Å². The van der Waals surface area contributed by atoms with E-state index in [4.69, 9.17) is 0 Å². The highest BCUT2D eigenvalue weighted by Gasteiger charge is 1.92. The van der Waals surface area contributed by atoms with Crippen LogP contribution in [0.1, 0.15) is 0 Å². The van der Waals surface area contributed by atoms with E-state index in [0.717, 1.165) is 6.26 Å². The lowest BCUT2D eigenvalue weighted by Gasteiger charge is -1.86. The van der Waals surface area contributed by atoms with Crippen molar-refractivity contribution in [3.8, 4) is 0 Å². The lowest BCUT2D eigenvalue weighted by molar-refractivity contribution is -0.634. The van der Waals surface area contributed by atoms with Gasteiger partial charge in [-0.2, -0.15) is 10.1 Å². The molecule has 0 aliphatic heterocycles. The van der Waals surface area contributed by atoms with E-state index in [-0.39, 0.29) is 0 Å². The molecule has 0 fully saturated rings. The molecule has 0 saturated carbocycles. The van der Waals surface area contributed by atoms with Crippen molar-refractivity contribution in [2.75, 3.05) is 0 Å². The molecule has 0 spiro atoms. The second-order valence-electron chi connectivity index (χ2n) is 0.585. The van der Waals surface area contributed by atoms with Crippen molar-refractivity contribution >= 4 is 11.4 Å². The van der Waals surface area contributed by atoms with Gasteiger partial charge < -0.3 is 4.18 Å². The van der Waals surface area contributed by atoms with Gasteiger partial charge in [-0.3, -0.25) is 0 Å². The third-order valence-corrected chi connectivity index (χ3v) is 0.729. The maximum absolute atomic E-state index is 9.94. The first-order valence-corrected chi connectivity index (χ1v) is 2.43. The molecule has 0 amide bonds. The minimum atomic E-state index is -1.76. The summed E-state index contributed by atoms with van der Waals surface area (Å²) in [5, 5.41) is 0. The Labute approximate surface area is 43.7 Å². The summed E-state index contributed by atoms with van der Waals surface area (Å²) in [6, 6.07) is 0. The summed E-state index contributed by atoms with van der Waals surface area (Å²) >= 11 is -1.76. The molecule has 0 aliphatic carbocycles. The molecule has 0 bridgehead atoms. The molecule has 1 unspecified atom stereocenters. The molecular formula is C2H6NO3S+. The average molecular weight is 124 g/mol. The van der Waals surface area contributed by atoms with Crippen LogP contribution >= 0.6 is 0 Å². The van der Waals surface area contributed by atoms with Crippen LogP contribution in [0.5, 0.6) is 0 Å². The van der Waals surface area contributed by atoms with E-state index >= 15 is 0 Å². The van der Waals surface area contributed by atoms with Gasteiger partial charge in [-0.1, -0.05) is 10.9 Å². The molecular weight excluding hydrogens is 118 g/mol. The van der Waals surface area contributed by atoms with E-state index in [1.54, 1.807) is 0 Å². The Bertz CT molecular complexity index is 83.0. The van der Waals surface area contributed by atoms with Crippen LogP contribution < -0.4 is 5.90 Å². The molecule has 0 aromatic rings. The van der Waals surface area contributed by atoms with Crippen molar-refractivity contribution in [2.45, 2.75) is 0 Å². The smallest absolute Gasteiger partial charge is 0.385 e. The fourth-order valence-electron chi connectivity index (χ4n) is 0.0833. The van der Waals surface area contributed by atoms with Gasteiger partial charge in [0.05, 0.1) is 6.26 Å². The largest absolute Gasteiger partial charge is 0.410 e. The van der Waals surface area contributed by atoms with Gasteiger partial charge in [0.2, 0.25) is 0 Å². The lowest BCUT2D eigenvalue weighted by Crippen LogP contribution is -2.49. The van der Waals surface area contributed by atoms with Crippen LogP contribution in [0.2, 0.25) is 0 Å². The predicted molar refractivity (Wildman–Crippen MR) is 23.4 cm³/mol. The van der Waals surface area contributed by atoms with Gasteiger partial charge >= 0.3 is 11.4 Å². The second-order valence-corrected chi connectivity index (χ2v) is 1.42. The standard InChI is InChI=1S/C2H6NO3S/c1-2-5-7(4)6-3/h2H,1H2,3H3/q+1. The minimum Gasteiger partial charge on any atom is -0.385 e. The van der Waals surface area contributed by atoms with Crippen molar-refractivity contribution in [3.63, 3.8) is 0 Å². The maximum Gasteiger partial charge on any atom is 0.410 e. The third-order valence-electron chi connectivity index (χ3n) is 0.243. The van der Waals surface area contributed by atoms with Gasteiger partial charge in [0.25, 0.3) is 0 Å². The van der Waals surface area contributed by atoms with Gasteiger partial charge in [0.15, 0.2) is 0 Å². The Hall–Kier alpha value is -0.390. The summed E-state index contributed by atoms with van der Waals surface area (Å²) in [7, 11) is 0. The molecule has 1 atom stereocenters. The van der Waals surface area contributed by atoms with Crippen LogP contribution in [-0.4, -0.2) is 4.21 Å². The maximum atomic E-state index is 9.94. The Morgan fingerprint density at radius 2 is 2.43 bits per heavy atom. The summed E-state index contributed by atoms with van der Waals surface area (Å²) in [5.41, 5.74) is 0. The topological polar surface area (TPSA) is 63.2 Å². The Kier molecular flexibility index (Phi) is 3.58. The normalized spacial score (nSPS) is 12.7. The van der Waals surface area contributed by atoms with E-state index in [2.05, 4.69) is 20.9 Å². The molecule has 4 nitrogen and oxygen atoms in total. The predicted octanol–water partition coefficient (Wildman–Crippen LogP) is -1.10.